The zero-order valence-corrected chi connectivity index (χ0v) is 16.1. The summed E-state index contributed by atoms with van der Waals surface area (Å²) in [5, 5.41) is 15.7. The number of hydrogen-bond donors (Lipinski definition) is 1. The van der Waals surface area contributed by atoms with E-state index in [1.165, 1.54) is 37.4 Å². The Morgan fingerprint density at radius 1 is 1.38 bits per heavy atom. The van der Waals surface area contributed by atoms with Crippen molar-refractivity contribution >= 4 is 17.7 Å². The van der Waals surface area contributed by atoms with Crippen LogP contribution in [0.5, 0.6) is 0 Å². The van der Waals surface area contributed by atoms with Gasteiger partial charge in [-0.25, -0.2) is 0 Å². The van der Waals surface area contributed by atoms with E-state index in [1.807, 2.05) is 31.2 Å². The molecule has 6 nitrogen and oxygen atoms in total. The number of aromatic nitrogens is 4. The van der Waals surface area contributed by atoms with E-state index in [0.717, 1.165) is 23.1 Å². The van der Waals surface area contributed by atoms with Crippen molar-refractivity contribution < 1.29 is 4.79 Å². The summed E-state index contributed by atoms with van der Waals surface area (Å²) in [6, 6.07) is 8.25. The van der Waals surface area contributed by atoms with Crippen LogP contribution in [0.15, 0.2) is 29.4 Å². The maximum absolute atomic E-state index is 12.4. The Balaban J connectivity index is 1.33. The summed E-state index contributed by atoms with van der Waals surface area (Å²) < 4.78 is 1.68. The van der Waals surface area contributed by atoms with Crippen LogP contribution >= 0.6 is 11.8 Å². The highest BCUT2D eigenvalue weighted by atomic mass is 32.2. The Labute approximate surface area is 158 Å². The molecule has 2 aliphatic rings. The minimum Gasteiger partial charge on any atom is -0.353 e. The summed E-state index contributed by atoms with van der Waals surface area (Å²) >= 11 is 1.38. The molecule has 2 aromatic rings. The van der Waals surface area contributed by atoms with Crippen LogP contribution in [0.4, 0.5) is 0 Å². The molecule has 2 bridgehead atoms. The summed E-state index contributed by atoms with van der Waals surface area (Å²) in [6.07, 6.45) is 5.38. The highest BCUT2D eigenvalue weighted by Crippen LogP contribution is 2.49. The van der Waals surface area contributed by atoms with Gasteiger partial charge in [0.05, 0.1) is 11.4 Å². The minimum atomic E-state index is 0.0593. The molecular formula is C19H25N5OS. The Morgan fingerprint density at radius 2 is 2.27 bits per heavy atom. The summed E-state index contributed by atoms with van der Waals surface area (Å²) in [7, 11) is 0. The normalized spacial score (nSPS) is 25.4. The van der Waals surface area contributed by atoms with E-state index in [1.54, 1.807) is 4.68 Å². The third-order valence-electron chi connectivity index (χ3n) is 5.84. The van der Waals surface area contributed by atoms with Crippen LogP contribution in [0.1, 0.15) is 38.2 Å². The second kappa shape index (κ2) is 7.39. The zero-order valence-electron chi connectivity index (χ0n) is 15.3. The van der Waals surface area contributed by atoms with Crippen molar-refractivity contribution in [1.82, 2.24) is 25.5 Å². The average Bonchev–Trinajstić information content (AvgIpc) is 3.36. The van der Waals surface area contributed by atoms with Gasteiger partial charge in [-0.15, -0.1) is 5.10 Å². The number of rotatable bonds is 6. The highest BCUT2D eigenvalue weighted by Gasteiger charge is 2.42. The molecule has 4 atom stereocenters. The molecule has 0 saturated heterocycles. The maximum atomic E-state index is 12.4. The van der Waals surface area contributed by atoms with Crippen molar-refractivity contribution in [2.75, 3.05) is 5.75 Å². The lowest BCUT2D eigenvalue weighted by molar-refractivity contribution is -0.119. The lowest BCUT2D eigenvalue weighted by atomic mass is 9.84. The Hall–Kier alpha value is -1.89. The van der Waals surface area contributed by atoms with Gasteiger partial charge in [-0.2, -0.15) is 4.68 Å². The van der Waals surface area contributed by atoms with Crippen LogP contribution in [0.2, 0.25) is 0 Å². The fourth-order valence-corrected chi connectivity index (χ4v) is 5.33. The highest BCUT2D eigenvalue weighted by molar-refractivity contribution is 7.99. The van der Waals surface area contributed by atoms with E-state index < -0.39 is 0 Å². The fourth-order valence-electron chi connectivity index (χ4n) is 4.63. The first kappa shape index (κ1) is 17.5. The van der Waals surface area contributed by atoms with Crippen LogP contribution in [-0.4, -0.2) is 37.9 Å². The second-order valence-corrected chi connectivity index (χ2v) is 8.64. The number of carbonyl (C=O) groups is 1. The predicted octanol–water partition coefficient (Wildman–Crippen LogP) is 3.00. The quantitative estimate of drug-likeness (QED) is 0.790. The molecule has 1 aromatic carbocycles. The lowest BCUT2D eigenvalue weighted by Crippen LogP contribution is -2.40. The first-order valence-electron chi connectivity index (χ1n) is 9.37. The summed E-state index contributed by atoms with van der Waals surface area (Å²) in [6.45, 7) is 4.19. The van der Waals surface area contributed by atoms with Gasteiger partial charge in [0.25, 0.3) is 0 Å². The molecule has 0 aliphatic heterocycles. The largest absolute Gasteiger partial charge is 0.353 e. The van der Waals surface area contributed by atoms with Gasteiger partial charge in [-0.3, -0.25) is 4.79 Å². The average molecular weight is 372 g/mol. The van der Waals surface area contributed by atoms with Gasteiger partial charge in [-0.05, 0) is 79.0 Å². The zero-order chi connectivity index (χ0) is 18.1. The number of amides is 1. The molecular weight excluding hydrogens is 346 g/mol. The molecule has 1 heterocycles. The molecule has 1 amide bonds. The van der Waals surface area contributed by atoms with Crippen molar-refractivity contribution in [3.05, 3.63) is 29.8 Å². The standard InChI is InChI=1S/C19H25N5OS/c1-12-4-3-5-16(8-12)24-19(21-22-23-24)26-11-18(25)20-13(2)17-10-14-6-7-15(17)9-14/h3-5,8,13-15,17H,6-7,9-11H2,1-2H3,(H,20,25). The minimum absolute atomic E-state index is 0.0593. The van der Waals surface area contributed by atoms with Gasteiger partial charge < -0.3 is 5.32 Å². The molecule has 0 spiro atoms. The van der Waals surface area contributed by atoms with Gasteiger partial charge in [-0.1, -0.05) is 30.3 Å². The maximum Gasteiger partial charge on any atom is 0.230 e. The van der Waals surface area contributed by atoms with Crippen molar-refractivity contribution in [3.63, 3.8) is 0 Å². The van der Waals surface area contributed by atoms with E-state index in [2.05, 4.69) is 27.8 Å². The molecule has 1 aromatic heterocycles. The van der Waals surface area contributed by atoms with Crippen LogP contribution in [0, 0.1) is 24.7 Å². The van der Waals surface area contributed by atoms with E-state index in [4.69, 9.17) is 0 Å². The summed E-state index contributed by atoms with van der Waals surface area (Å²) in [5.41, 5.74) is 2.06. The van der Waals surface area contributed by atoms with Gasteiger partial charge >= 0.3 is 0 Å². The number of tetrazole rings is 1. The number of carbonyl (C=O) groups excluding carboxylic acids is 1. The molecule has 26 heavy (non-hydrogen) atoms. The van der Waals surface area contributed by atoms with Crippen molar-refractivity contribution in [2.24, 2.45) is 17.8 Å². The number of thioether (sulfide) groups is 1. The number of nitrogens with zero attached hydrogens (tertiary/aromatic N) is 4. The second-order valence-electron chi connectivity index (χ2n) is 7.70. The van der Waals surface area contributed by atoms with E-state index in [9.17, 15) is 4.79 Å². The topological polar surface area (TPSA) is 72.7 Å². The molecule has 1 N–H and O–H groups in total. The summed E-state index contributed by atoms with van der Waals surface area (Å²) in [4.78, 5) is 12.4. The number of fused-ring (bicyclic) bond motifs is 2. The molecule has 138 valence electrons. The van der Waals surface area contributed by atoms with Crippen molar-refractivity contribution in [2.45, 2.75) is 50.7 Å². The fraction of sp³-hybridized carbons (Fsp3) is 0.579. The molecule has 2 aliphatic carbocycles. The van der Waals surface area contributed by atoms with E-state index in [-0.39, 0.29) is 11.9 Å². The number of benzene rings is 1. The van der Waals surface area contributed by atoms with Crippen molar-refractivity contribution in [3.8, 4) is 5.69 Å². The van der Waals surface area contributed by atoms with Crippen LogP contribution < -0.4 is 5.32 Å². The molecule has 4 unspecified atom stereocenters. The number of aryl methyl sites for hydroxylation is 1. The SMILES string of the molecule is Cc1cccc(-n2nnnc2SCC(=O)NC(C)C2CC3CCC2C3)c1. The van der Waals surface area contributed by atoms with Gasteiger partial charge in [0.15, 0.2) is 0 Å². The molecule has 4 rings (SSSR count). The monoisotopic (exact) mass is 371 g/mol. The summed E-state index contributed by atoms with van der Waals surface area (Å²) in [5.74, 6) is 2.76. The molecule has 2 fully saturated rings. The van der Waals surface area contributed by atoms with E-state index in [0.29, 0.717) is 16.8 Å². The van der Waals surface area contributed by atoms with Crippen LogP contribution in [-0.2, 0) is 4.79 Å². The lowest BCUT2D eigenvalue weighted by Gasteiger charge is -2.28. The smallest absolute Gasteiger partial charge is 0.230 e. The Bertz CT molecular complexity index is 792. The first-order chi connectivity index (χ1) is 12.6. The third kappa shape index (κ3) is 3.63. The molecule has 2 saturated carbocycles. The van der Waals surface area contributed by atoms with E-state index >= 15 is 0 Å². The Kier molecular flexibility index (Phi) is 4.98. The number of nitrogens with one attached hydrogen (secondary N) is 1. The molecule has 0 radical (unpaired) electrons. The van der Waals surface area contributed by atoms with Crippen LogP contribution in [0.25, 0.3) is 5.69 Å². The van der Waals surface area contributed by atoms with Crippen molar-refractivity contribution in [1.29, 1.82) is 0 Å². The predicted molar refractivity (Wildman–Crippen MR) is 101 cm³/mol. The Morgan fingerprint density at radius 3 is 3.00 bits per heavy atom. The first-order valence-corrected chi connectivity index (χ1v) is 10.4. The van der Waals surface area contributed by atoms with Gasteiger partial charge in [0.2, 0.25) is 11.1 Å². The number of hydrogen-bond acceptors (Lipinski definition) is 5. The van der Waals surface area contributed by atoms with Gasteiger partial charge in [0, 0.05) is 6.04 Å². The van der Waals surface area contributed by atoms with Gasteiger partial charge in [0.1, 0.15) is 0 Å². The third-order valence-corrected chi connectivity index (χ3v) is 6.76. The van der Waals surface area contributed by atoms with Crippen LogP contribution in [0.3, 0.4) is 0 Å². The molecule has 7 heteroatoms.